The van der Waals surface area contributed by atoms with Crippen molar-refractivity contribution in [3.8, 4) is 0 Å². The van der Waals surface area contributed by atoms with Crippen molar-refractivity contribution in [2.45, 2.75) is 32.9 Å². The maximum atomic E-state index is 12.5. The molecule has 3 rings (SSSR count). The van der Waals surface area contributed by atoms with E-state index in [0.29, 0.717) is 5.56 Å². The highest BCUT2D eigenvalue weighted by atomic mass is 16.5. The van der Waals surface area contributed by atoms with Crippen LogP contribution in [0.5, 0.6) is 0 Å². The van der Waals surface area contributed by atoms with E-state index in [4.69, 9.17) is 4.74 Å². The minimum atomic E-state index is -1.13. The summed E-state index contributed by atoms with van der Waals surface area (Å²) in [7, 11) is 0. The summed E-state index contributed by atoms with van der Waals surface area (Å²) in [6.45, 7) is 4.78. The topological polar surface area (TPSA) is 80.8 Å². The number of hydrogen-bond acceptors (Lipinski definition) is 5. The van der Waals surface area contributed by atoms with Crippen LogP contribution in [0.15, 0.2) is 48.5 Å². The summed E-state index contributed by atoms with van der Waals surface area (Å²) in [4.78, 5) is 50.7. The fourth-order valence-electron chi connectivity index (χ4n) is 2.94. The Balaban J connectivity index is 1.71. The molecule has 0 bridgehead atoms. The summed E-state index contributed by atoms with van der Waals surface area (Å²) in [5.74, 6) is -2.24. The lowest BCUT2D eigenvalue weighted by Crippen LogP contribution is -2.45. The van der Waals surface area contributed by atoms with E-state index >= 15 is 0 Å². The van der Waals surface area contributed by atoms with Crippen molar-refractivity contribution < 1.29 is 23.9 Å². The third kappa shape index (κ3) is 3.38. The first-order valence-electron chi connectivity index (χ1n) is 8.59. The monoisotopic (exact) mass is 365 g/mol. The number of Topliss-reactive ketones (excluding diaryl/α,β-unsaturated/α-hetero) is 1. The molecule has 2 amide bonds. The molecule has 0 saturated heterocycles. The molecule has 0 radical (unpaired) electrons. The number of nitrogens with zero attached hydrogens (tertiary/aromatic N) is 1. The number of ether oxygens (including phenoxy) is 1. The van der Waals surface area contributed by atoms with E-state index in [-0.39, 0.29) is 16.9 Å². The molecule has 6 nitrogen and oxygen atoms in total. The molecule has 2 atom stereocenters. The highest BCUT2D eigenvalue weighted by Crippen LogP contribution is 2.25. The Labute approximate surface area is 156 Å². The van der Waals surface area contributed by atoms with E-state index in [1.165, 1.54) is 26.0 Å². The summed E-state index contributed by atoms with van der Waals surface area (Å²) in [6, 6.07) is 12.2. The van der Waals surface area contributed by atoms with Crippen LogP contribution in [0.25, 0.3) is 0 Å². The smallest absolute Gasteiger partial charge is 0.329 e. The van der Waals surface area contributed by atoms with Crippen molar-refractivity contribution in [1.29, 1.82) is 0 Å². The van der Waals surface area contributed by atoms with E-state index in [0.717, 1.165) is 10.5 Å². The number of ketones is 1. The van der Waals surface area contributed by atoms with E-state index in [2.05, 4.69) is 0 Å². The summed E-state index contributed by atoms with van der Waals surface area (Å²) in [6.07, 6.45) is -1.03. The van der Waals surface area contributed by atoms with E-state index in [1.807, 2.05) is 6.92 Å². The normalized spacial score (nSPS) is 15.3. The van der Waals surface area contributed by atoms with Crippen LogP contribution in [0.2, 0.25) is 0 Å². The zero-order valence-electron chi connectivity index (χ0n) is 15.3. The number of carbonyl (C=O) groups is 4. The molecule has 27 heavy (non-hydrogen) atoms. The molecule has 1 heterocycles. The van der Waals surface area contributed by atoms with Crippen LogP contribution in [0.1, 0.15) is 50.5 Å². The van der Waals surface area contributed by atoms with Crippen LogP contribution in [-0.4, -0.2) is 40.6 Å². The molecule has 0 unspecified atom stereocenters. The summed E-state index contributed by atoms with van der Waals surface area (Å²) in [5, 5.41) is 0. The number of rotatable bonds is 5. The van der Waals surface area contributed by atoms with Gasteiger partial charge in [0.1, 0.15) is 6.04 Å². The van der Waals surface area contributed by atoms with Crippen LogP contribution in [0.4, 0.5) is 0 Å². The number of benzene rings is 2. The molecule has 0 aromatic heterocycles. The number of amides is 2. The second-order valence-corrected chi connectivity index (χ2v) is 6.51. The number of esters is 1. The van der Waals surface area contributed by atoms with Gasteiger partial charge in [0.2, 0.25) is 5.78 Å². The number of carbonyl (C=O) groups excluding carboxylic acids is 4. The molecule has 0 fully saturated rings. The van der Waals surface area contributed by atoms with Gasteiger partial charge in [0.15, 0.2) is 6.10 Å². The lowest BCUT2D eigenvalue weighted by atomic mass is 10.1. The highest BCUT2D eigenvalue weighted by Gasteiger charge is 2.41. The highest BCUT2D eigenvalue weighted by molar-refractivity contribution is 6.22. The van der Waals surface area contributed by atoms with Gasteiger partial charge in [-0.1, -0.05) is 42.0 Å². The molecule has 0 aliphatic carbocycles. The fraction of sp³-hybridized carbons (Fsp3) is 0.238. The fourth-order valence-corrected chi connectivity index (χ4v) is 2.94. The van der Waals surface area contributed by atoms with Gasteiger partial charge in [-0.2, -0.15) is 0 Å². The van der Waals surface area contributed by atoms with Gasteiger partial charge in [0, 0.05) is 5.56 Å². The van der Waals surface area contributed by atoms with Crippen molar-refractivity contribution >= 4 is 23.6 Å². The second-order valence-electron chi connectivity index (χ2n) is 6.51. The maximum Gasteiger partial charge on any atom is 0.329 e. The first kappa shape index (κ1) is 18.5. The molecule has 1 aliphatic rings. The number of hydrogen-bond donors (Lipinski definition) is 0. The van der Waals surface area contributed by atoms with Crippen molar-refractivity contribution in [1.82, 2.24) is 4.90 Å². The predicted octanol–water partition coefficient (Wildman–Crippen LogP) is 2.79. The van der Waals surface area contributed by atoms with Crippen molar-refractivity contribution in [2.75, 3.05) is 0 Å². The molecule has 0 spiro atoms. The maximum absolute atomic E-state index is 12.5. The lowest BCUT2D eigenvalue weighted by molar-refractivity contribution is -0.150. The number of fused-ring (bicyclic) bond motifs is 1. The molecule has 138 valence electrons. The third-order valence-corrected chi connectivity index (χ3v) is 4.55. The summed E-state index contributed by atoms with van der Waals surface area (Å²) in [5.41, 5.74) is 1.95. The molecule has 2 aromatic carbocycles. The molecule has 6 heteroatoms. The lowest BCUT2D eigenvalue weighted by Gasteiger charge is -2.22. The second kappa shape index (κ2) is 7.15. The van der Waals surface area contributed by atoms with Crippen LogP contribution in [-0.2, 0) is 9.53 Å². The average Bonchev–Trinajstić information content (AvgIpc) is 2.92. The zero-order valence-corrected chi connectivity index (χ0v) is 15.3. The van der Waals surface area contributed by atoms with Crippen molar-refractivity contribution in [2.24, 2.45) is 0 Å². The number of imide groups is 1. The Morgan fingerprint density at radius 1 is 0.889 bits per heavy atom. The van der Waals surface area contributed by atoms with Gasteiger partial charge in [-0.3, -0.25) is 19.3 Å². The van der Waals surface area contributed by atoms with Gasteiger partial charge in [-0.15, -0.1) is 0 Å². The Morgan fingerprint density at radius 3 is 1.93 bits per heavy atom. The molecular formula is C21H19NO5. The quantitative estimate of drug-likeness (QED) is 0.462. The molecule has 0 saturated carbocycles. The first-order valence-corrected chi connectivity index (χ1v) is 8.59. The zero-order chi connectivity index (χ0) is 19.7. The molecule has 1 aliphatic heterocycles. The molecule has 0 N–H and O–H groups in total. The van der Waals surface area contributed by atoms with E-state index in [1.54, 1.807) is 36.4 Å². The van der Waals surface area contributed by atoms with Gasteiger partial charge >= 0.3 is 5.97 Å². The van der Waals surface area contributed by atoms with Crippen LogP contribution >= 0.6 is 0 Å². The Bertz CT molecular complexity index is 897. The third-order valence-electron chi connectivity index (χ3n) is 4.55. The summed E-state index contributed by atoms with van der Waals surface area (Å²) < 4.78 is 5.23. The van der Waals surface area contributed by atoms with E-state index in [9.17, 15) is 19.2 Å². The molecular weight excluding hydrogens is 346 g/mol. The van der Waals surface area contributed by atoms with Gasteiger partial charge < -0.3 is 4.74 Å². The van der Waals surface area contributed by atoms with Crippen LogP contribution in [0, 0.1) is 6.92 Å². The largest absolute Gasteiger partial charge is 0.453 e. The van der Waals surface area contributed by atoms with Crippen LogP contribution in [0.3, 0.4) is 0 Å². The average molecular weight is 365 g/mol. The van der Waals surface area contributed by atoms with Crippen molar-refractivity contribution in [3.63, 3.8) is 0 Å². The standard InChI is InChI=1S/C21H19NO5/c1-12-8-10-15(11-9-12)18(23)14(3)27-21(26)13(2)22-19(24)16-6-4-5-7-17(16)20(22)25/h4-11,13-14H,1-3H3/t13-,14-/m1/s1. The van der Waals surface area contributed by atoms with Gasteiger partial charge in [0.25, 0.3) is 11.8 Å². The van der Waals surface area contributed by atoms with E-state index < -0.39 is 29.9 Å². The summed E-state index contributed by atoms with van der Waals surface area (Å²) >= 11 is 0. The first-order chi connectivity index (χ1) is 12.8. The van der Waals surface area contributed by atoms with Gasteiger partial charge in [-0.05, 0) is 32.9 Å². The van der Waals surface area contributed by atoms with Crippen LogP contribution < -0.4 is 0 Å². The minimum Gasteiger partial charge on any atom is -0.453 e. The van der Waals surface area contributed by atoms with Gasteiger partial charge in [-0.25, -0.2) is 4.79 Å². The van der Waals surface area contributed by atoms with Gasteiger partial charge in [0.05, 0.1) is 11.1 Å². The number of aryl methyl sites for hydroxylation is 1. The minimum absolute atomic E-state index is 0.255. The van der Waals surface area contributed by atoms with Crippen molar-refractivity contribution in [3.05, 3.63) is 70.8 Å². The SMILES string of the molecule is Cc1ccc(C(=O)[C@@H](C)OC(=O)[C@@H](C)N2C(=O)c3ccccc3C2=O)cc1. The molecule has 2 aromatic rings. The predicted molar refractivity (Wildman–Crippen MR) is 97.5 cm³/mol. The Morgan fingerprint density at radius 2 is 1.41 bits per heavy atom. The Hall–Kier alpha value is -3.28. The Kier molecular flexibility index (Phi) is 4.90.